The predicted octanol–water partition coefficient (Wildman–Crippen LogP) is -0.554. The molecule has 1 atom stereocenters. The number of amides is 1. The van der Waals surface area contributed by atoms with Crippen LogP contribution >= 0.6 is 0 Å². The number of nitrogens with one attached hydrogen (secondary N) is 2. The Balaban J connectivity index is 2.77. The van der Waals surface area contributed by atoms with Crippen molar-refractivity contribution in [3.63, 3.8) is 0 Å². The van der Waals surface area contributed by atoms with Gasteiger partial charge in [0, 0.05) is 6.07 Å². The highest BCUT2D eigenvalue weighted by Gasteiger charge is 2.11. The van der Waals surface area contributed by atoms with E-state index in [2.05, 4.69) is 15.5 Å². The molecule has 0 bridgehead atoms. The third kappa shape index (κ3) is 2.58. The van der Waals surface area contributed by atoms with Crippen molar-refractivity contribution >= 4 is 11.6 Å². The van der Waals surface area contributed by atoms with Gasteiger partial charge in [0.05, 0.1) is 11.9 Å². The van der Waals surface area contributed by atoms with E-state index in [9.17, 15) is 9.59 Å². The second kappa shape index (κ2) is 4.40. The zero-order chi connectivity index (χ0) is 10.6. The molecular formula is C8H12N4O2. The molecule has 0 aliphatic rings. The second-order valence-corrected chi connectivity index (χ2v) is 2.84. The molecular weight excluding hydrogens is 184 g/mol. The van der Waals surface area contributed by atoms with Crippen LogP contribution in [0.15, 0.2) is 17.1 Å². The summed E-state index contributed by atoms with van der Waals surface area (Å²) < 4.78 is 0. The third-order valence-corrected chi connectivity index (χ3v) is 1.76. The summed E-state index contributed by atoms with van der Waals surface area (Å²) in [5.41, 5.74) is 5.29. The Labute approximate surface area is 80.5 Å². The molecule has 1 aromatic rings. The van der Waals surface area contributed by atoms with Gasteiger partial charge in [-0.25, -0.2) is 5.10 Å². The number of hydrogen-bond acceptors (Lipinski definition) is 4. The zero-order valence-corrected chi connectivity index (χ0v) is 7.78. The van der Waals surface area contributed by atoms with E-state index in [4.69, 9.17) is 5.73 Å². The number of nitrogens with two attached hydrogens (primary N) is 1. The van der Waals surface area contributed by atoms with Crippen LogP contribution in [0.5, 0.6) is 0 Å². The van der Waals surface area contributed by atoms with E-state index < -0.39 is 11.9 Å². The van der Waals surface area contributed by atoms with Crippen LogP contribution in [0.2, 0.25) is 0 Å². The number of hydrogen-bond donors (Lipinski definition) is 3. The normalized spacial score (nSPS) is 12.1. The summed E-state index contributed by atoms with van der Waals surface area (Å²) in [6, 6.07) is 0.845. The van der Waals surface area contributed by atoms with Gasteiger partial charge in [0.25, 0.3) is 5.56 Å². The van der Waals surface area contributed by atoms with Crippen LogP contribution in [0.4, 0.5) is 5.69 Å². The minimum Gasteiger partial charge on any atom is -0.372 e. The van der Waals surface area contributed by atoms with Gasteiger partial charge < -0.3 is 11.1 Å². The first-order chi connectivity index (χ1) is 6.63. The Morgan fingerprint density at radius 2 is 2.50 bits per heavy atom. The average Bonchev–Trinajstić information content (AvgIpc) is 2.14. The van der Waals surface area contributed by atoms with Crippen molar-refractivity contribution < 1.29 is 4.79 Å². The van der Waals surface area contributed by atoms with Crippen molar-refractivity contribution in [2.45, 2.75) is 19.4 Å². The van der Waals surface area contributed by atoms with Gasteiger partial charge in [0.15, 0.2) is 0 Å². The fourth-order valence-corrected chi connectivity index (χ4v) is 1.03. The van der Waals surface area contributed by atoms with Gasteiger partial charge in [-0.2, -0.15) is 5.10 Å². The second-order valence-electron chi connectivity index (χ2n) is 2.84. The lowest BCUT2D eigenvalue weighted by atomic mass is 10.2. The molecule has 1 heterocycles. The summed E-state index contributed by atoms with van der Waals surface area (Å²) in [5.74, 6) is -0.451. The minimum atomic E-state index is -0.474. The summed E-state index contributed by atoms with van der Waals surface area (Å²) in [6.45, 7) is 1.82. The van der Waals surface area contributed by atoms with E-state index >= 15 is 0 Å². The molecule has 0 spiro atoms. The summed E-state index contributed by atoms with van der Waals surface area (Å²) in [5, 5.41) is 8.62. The standard InChI is InChI=1S/C8H12N4O2/c1-2-6(8(9)14)11-5-3-7(13)12-10-4-5/h3-4,6H,2H2,1H3,(H2,9,14)(H2,11,12,13). The van der Waals surface area contributed by atoms with Gasteiger partial charge in [-0.15, -0.1) is 0 Å². The van der Waals surface area contributed by atoms with Crippen molar-refractivity contribution in [1.82, 2.24) is 10.2 Å². The molecule has 0 aliphatic heterocycles. The van der Waals surface area contributed by atoms with Gasteiger partial charge in [-0.05, 0) is 6.42 Å². The largest absolute Gasteiger partial charge is 0.372 e. The van der Waals surface area contributed by atoms with Crippen molar-refractivity contribution in [3.05, 3.63) is 22.6 Å². The predicted molar refractivity (Wildman–Crippen MR) is 51.8 cm³/mol. The maximum atomic E-state index is 10.9. The number of aromatic amines is 1. The number of H-pyrrole nitrogens is 1. The molecule has 4 N–H and O–H groups in total. The van der Waals surface area contributed by atoms with E-state index in [0.717, 1.165) is 0 Å². The number of nitrogens with zero attached hydrogens (tertiary/aromatic N) is 1. The highest BCUT2D eigenvalue weighted by Crippen LogP contribution is 2.03. The molecule has 1 rings (SSSR count). The molecule has 6 nitrogen and oxygen atoms in total. The first kappa shape index (κ1) is 10.2. The fraction of sp³-hybridized carbons (Fsp3) is 0.375. The minimum absolute atomic E-state index is 0.325. The molecule has 0 radical (unpaired) electrons. The SMILES string of the molecule is CCC(Nc1cn[nH]c(=O)c1)C(N)=O. The molecule has 1 aromatic heterocycles. The van der Waals surface area contributed by atoms with Crippen molar-refractivity contribution in [3.8, 4) is 0 Å². The highest BCUT2D eigenvalue weighted by molar-refractivity contribution is 5.82. The lowest BCUT2D eigenvalue weighted by molar-refractivity contribution is -0.118. The molecule has 0 saturated heterocycles. The number of anilines is 1. The zero-order valence-electron chi connectivity index (χ0n) is 7.78. The Morgan fingerprint density at radius 1 is 1.79 bits per heavy atom. The van der Waals surface area contributed by atoms with Crippen LogP contribution in [0.3, 0.4) is 0 Å². The summed E-state index contributed by atoms with van der Waals surface area (Å²) in [6.07, 6.45) is 1.98. The average molecular weight is 196 g/mol. The monoisotopic (exact) mass is 196 g/mol. The Hall–Kier alpha value is -1.85. The molecule has 0 aliphatic carbocycles. The van der Waals surface area contributed by atoms with E-state index in [1.54, 1.807) is 0 Å². The quantitative estimate of drug-likeness (QED) is 0.601. The molecule has 14 heavy (non-hydrogen) atoms. The number of carbonyl (C=O) groups is 1. The highest BCUT2D eigenvalue weighted by atomic mass is 16.1. The number of primary amides is 1. The third-order valence-electron chi connectivity index (χ3n) is 1.76. The molecule has 0 saturated carbocycles. The van der Waals surface area contributed by atoms with E-state index in [1.807, 2.05) is 6.92 Å². The fourth-order valence-electron chi connectivity index (χ4n) is 1.03. The van der Waals surface area contributed by atoms with Crippen LogP contribution in [-0.2, 0) is 4.79 Å². The molecule has 6 heteroatoms. The maximum absolute atomic E-state index is 10.9. The summed E-state index contributed by atoms with van der Waals surface area (Å²) in [4.78, 5) is 21.7. The number of aromatic nitrogens is 2. The number of rotatable bonds is 4. The van der Waals surface area contributed by atoms with Gasteiger partial charge in [-0.3, -0.25) is 9.59 Å². The Morgan fingerprint density at radius 3 is 3.00 bits per heavy atom. The van der Waals surface area contributed by atoms with Crippen LogP contribution in [0.25, 0.3) is 0 Å². The van der Waals surface area contributed by atoms with Crippen LogP contribution in [0.1, 0.15) is 13.3 Å². The Kier molecular flexibility index (Phi) is 3.22. The van der Waals surface area contributed by atoms with E-state index in [0.29, 0.717) is 12.1 Å². The molecule has 1 amide bonds. The lowest BCUT2D eigenvalue weighted by Crippen LogP contribution is -2.35. The van der Waals surface area contributed by atoms with E-state index in [-0.39, 0.29) is 5.56 Å². The first-order valence-electron chi connectivity index (χ1n) is 4.24. The van der Waals surface area contributed by atoms with Crippen molar-refractivity contribution in [1.29, 1.82) is 0 Å². The van der Waals surface area contributed by atoms with Gasteiger partial charge >= 0.3 is 0 Å². The smallest absolute Gasteiger partial charge is 0.266 e. The van der Waals surface area contributed by atoms with Crippen LogP contribution in [-0.4, -0.2) is 22.1 Å². The number of carbonyl (C=O) groups excluding carboxylic acids is 1. The topological polar surface area (TPSA) is 101 Å². The van der Waals surface area contributed by atoms with E-state index in [1.165, 1.54) is 12.3 Å². The molecule has 1 unspecified atom stereocenters. The van der Waals surface area contributed by atoms with Crippen molar-refractivity contribution in [2.24, 2.45) is 5.73 Å². The van der Waals surface area contributed by atoms with Crippen LogP contribution in [0, 0.1) is 0 Å². The lowest BCUT2D eigenvalue weighted by Gasteiger charge is -2.13. The van der Waals surface area contributed by atoms with Gasteiger partial charge in [-0.1, -0.05) is 6.92 Å². The molecule has 0 fully saturated rings. The Bertz CT molecular complexity index is 374. The van der Waals surface area contributed by atoms with Gasteiger partial charge in [0.1, 0.15) is 6.04 Å². The van der Waals surface area contributed by atoms with Gasteiger partial charge in [0.2, 0.25) is 5.91 Å². The van der Waals surface area contributed by atoms with Crippen LogP contribution < -0.4 is 16.6 Å². The summed E-state index contributed by atoms with van der Waals surface area (Å²) >= 11 is 0. The molecule has 0 aromatic carbocycles. The van der Waals surface area contributed by atoms with Crippen molar-refractivity contribution in [2.75, 3.05) is 5.32 Å². The first-order valence-corrected chi connectivity index (χ1v) is 4.24. The molecule has 76 valence electrons. The summed E-state index contributed by atoms with van der Waals surface area (Å²) in [7, 11) is 0. The maximum Gasteiger partial charge on any atom is 0.266 e.